The Hall–Kier alpha value is -1.67. The summed E-state index contributed by atoms with van der Waals surface area (Å²) >= 11 is 2.43. The summed E-state index contributed by atoms with van der Waals surface area (Å²) in [5.74, 6) is 1.38. The van der Waals surface area contributed by atoms with Gasteiger partial charge in [-0.15, -0.1) is 0 Å². The number of likely N-dealkylation sites (tertiary alicyclic amines) is 2. The minimum Gasteiger partial charge on any atom is -0.385 e. The predicted octanol–water partition coefficient (Wildman–Crippen LogP) is 4.45. The molecule has 1 amide bonds. The van der Waals surface area contributed by atoms with E-state index < -0.39 is 0 Å². The second-order valence-corrected chi connectivity index (χ2v) is 9.90. The lowest BCUT2D eigenvalue weighted by Crippen LogP contribution is -2.34. The third-order valence-corrected chi connectivity index (χ3v) is 7.71. The molecule has 2 atom stereocenters. The van der Waals surface area contributed by atoms with Gasteiger partial charge in [-0.3, -0.25) is 9.78 Å². The molecule has 2 aliphatic rings. The Labute approximate surface area is 199 Å². The Morgan fingerprint density at radius 1 is 1.10 bits per heavy atom. The van der Waals surface area contributed by atoms with Crippen molar-refractivity contribution in [1.82, 2.24) is 14.8 Å². The lowest BCUT2D eigenvalue weighted by atomic mass is 10.0. The molecule has 2 aromatic rings. The molecule has 4 rings (SSSR count). The van der Waals surface area contributed by atoms with Gasteiger partial charge in [0.2, 0.25) is 0 Å². The standard InChI is InChI=1S/C25H33IN4O/c1-17-5-6-23(11-20(17)12-26)28-8-4-10-29-13-21-15-30(16-22(21)14-29)25(31)24-18(2)7-9-27-19(24)3/h5-7,9,11,21-22,28H,4,8,10,12-16H2,1-3H3. The molecule has 1 aromatic carbocycles. The van der Waals surface area contributed by atoms with E-state index in [1.54, 1.807) is 6.20 Å². The van der Waals surface area contributed by atoms with Gasteiger partial charge in [0.15, 0.2) is 0 Å². The number of amides is 1. The first kappa shape index (κ1) is 22.5. The van der Waals surface area contributed by atoms with Crippen LogP contribution in [0.4, 0.5) is 5.69 Å². The van der Waals surface area contributed by atoms with Gasteiger partial charge in [-0.05, 0) is 80.5 Å². The van der Waals surface area contributed by atoms with Crippen molar-refractivity contribution in [2.45, 2.75) is 31.6 Å². The minimum absolute atomic E-state index is 0.164. The minimum atomic E-state index is 0.164. The summed E-state index contributed by atoms with van der Waals surface area (Å²) in [5, 5.41) is 3.58. The van der Waals surface area contributed by atoms with Crippen LogP contribution in [0, 0.1) is 32.6 Å². The highest BCUT2D eigenvalue weighted by Crippen LogP contribution is 2.32. The number of carbonyl (C=O) groups excluding carboxylic acids is 1. The summed E-state index contributed by atoms with van der Waals surface area (Å²) in [6.07, 6.45) is 2.93. The number of hydrogen-bond acceptors (Lipinski definition) is 4. The van der Waals surface area contributed by atoms with Crippen LogP contribution in [0.25, 0.3) is 0 Å². The van der Waals surface area contributed by atoms with Crippen LogP contribution in [0.3, 0.4) is 0 Å². The second-order valence-electron chi connectivity index (χ2n) is 9.13. The number of fused-ring (bicyclic) bond motifs is 1. The Balaban J connectivity index is 1.22. The zero-order chi connectivity index (χ0) is 22.0. The molecule has 166 valence electrons. The van der Waals surface area contributed by atoms with Crippen molar-refractivity contribution in [1.29, 1.82) is 0 Å². The van der Waals surface area contributed by atoms with Crippen LogP contribution in [0.1, 0.15) is 39.2 Å². The fraction of sp³-hybridized carbons (Fsp3) is 0.520. The molecule has 5 nitrogen and oxygen atoms in total. The molecule has 0 saturated carbocycles. The van der Waals surface area contributed by atoms with Crippen LogP contribution in [-0.2, 0) is 4.43 Å². The van der Waals surface area contributed by atoms with Gasteiger partial charge in [-0.1, -0.05) is 28.7 Å². The largest absolute Gasteiger partial charge is 0.385 e. The number of alkyl halides is 1. The lowest BCUT2D eigenvalue weighted by Gasteiger charge is -2.23. The van der Waals surface area contributed by atoms with Crippen LogP contribution in [0.2, 0.25) is 0 Å². The van der Waals surface area contributed by atoms with Crippen molar-refractivity contribution in [3.8, 4) is 0 Å². The van der Waals surface area contributed by atoms with Crippen LogP contribution in [-0.4, -0.2) is 60.0 Å². The Morgan fingerprint density at radius 3 is 2.52 bits per heavy atom. The summed E-state index contributed by atoms with van der Waals surface area (Å²) < 4.78 is 1.05. The highest BCUT2D eigenvalue weighted by Gasteiger charge is 2.41. The number of anilines is 1. The molecule has 2 aliphatic heterocycles. The van der Waals surface area contributed by atoms with E-state index in [0.29, 0.717) is 11.8 Å². The highest BCUT2D eigenvalue weighted by molar-refractivity contribution is 14.1. The molecule has 0 aliphatic carbocycles. The van der Waals surface area contributed by atoms with E-state index >= 15 is 0 Å². The van der Waals surface area contributed by atoms with Crippen molar-refractivity contribution < 1.29 is 4.79 Å². The topological polar surface area (TPSA) is 48.5 Å². The van der Waals surface area contributed by atoms with Gasteiger partial charge in [0, 0.05) is 49.0 Å². The average Bonchev–Trinajstić information content (AvgIpc) is 3.31. The molecule has 0 radical (unpaired) electrons. The molecule has 6 heteroatoms. The van der Waals surface area contributed by atoms with Crippen LogP contribution < -0.4 is 5.32 Å². The predicted molar refractivity (Wildman–Crippen MR) is 135 cm³/mol. The van der Waals surface area contributed by atoms with Gasteiger partial charge in [-0.25, -0.2) is 0 Å². The third kappa shape index (κ3) is 5.06. The van der Waals surface area contributed by atoms with Crippen LogP contribution in [0.15, 0.2) is 30.5 Å². The molecule has 31 heavy (non-hydrogen) atoms. The monoisotopic (exact) mass is 532 g/mol. The number of aryl methyl sites for hydroxylation is 3. The number of nitrogens with zero attached hydrogens (tertiary/aromatic N) is 3. The van der Waals surface area contributed by atoms with E-state index in [0.717, 1.165) is 66.9 Å². The maximum atomic E-state index is 13.1. The van der Waals surface area contributed by atoms with Gasteiger partial charge in [0.05, 0.1) is 11.3 Å². The van der Waals surface area contributed by atoms with E-state index in [1.807, 2.05) is 19.9 Å². The number of carbonyl (C=O) groups is 1. The van der Waals surface area contributed by atoms with E-state index in [1.165, 1.54) is 16.8 Å². The van der Waals surface area contributed by atoms with E-state index in [4.69, 9.17) is 0 Å². The molecule has 1 aromatic heterocycles. The van der Waals surface area contributed by atoms with Gasteiger partial charge >= 0.3 is 0 Å². The molecule has 1 N–H and O–H groups in total. The lowest BCUT2D eigenvalue weighted by molar-refractivity contribution is 0.0772. The molecule has 0 bridgehead atoms. The normalized spacial score (nSPS) is 20.8. The van der Waals surface area contributed by atoms with Gasteiger partial charge in [0.1, 0.15) is 0 Å². The molecular formula is C25H33IN4O. The van der Waals surface area contributed by atoms with E-state index in [-0.39, 0.29) is 5.91 Å². The Morgan fingerprint density at radius 2 is 1.84 bits per heavy atom. The zero-order valence-corrected chi connectivity index (χ0v) is 21.0. The quantitative estimate of drug-likeness (QED) is 0.326. The molecular weight excluding hydrogens is 499 g/mol. The fourth-order valence-corrected chi connectivity index (χ4v) is 5.90. The molecule has 0 spiro atoms. The molecule has 2 saturated heterocycles. The van der Waals surface area contributed by atoms with Gasteiger partial charge in [-0.2, -0.15) is 0 Å². The highest BCUT2D eigenvalue weighted by atomic mass is 127. The first-order valence-corrected chi connectivity index (χ1v) is 12.8. The first-order chi connectivity index (χ1) is 15.0. The number of benzene rings is 1. The van der Waals surface area contributed by atoms with Crippen molar-refractivity contribution in [3.05, 3.63) is 58.4 Å². The number of nitrogens with one attached hydrogen (secondary N) is 1. The smallest absolute Gasteiger partial charge is 0.255 e. The summed E-state index contributed by atoms with van der Waals surface area (Å²) in [6.45, 7) is 12.2. The number of aromatic nitrogens is 1. The number of pyridine rings is 1. The van der Waals surface area contributed by atoms with Gasteiger partial charge in [0.25, 0.3) is 5.91 Å². The Bertz CT molecular complexity index is 913. The number of halogens is 1. The SMILES string of the molecule is Cc1ccc(NCCCN2CC3CN(C(=O)c4c(C)ccnc4C)CC3C2)cc1CI. The summed E-state index contributed by atoms with van der Waals surface area (Å²) in [7, 11) is 0. The Kier molecular flexibility index (Phi) is 7.16. The maximum absolute atomic E-state index is 13.1. The summed E-state index contributed by atoms with van der Waals surface area (Å²) in [4.78, 5) is 22.1. The zero-order valence-electron chi connectivity index (χ0n) is 18.8. The van der Waals surface area contributed by atoms with Crippen molar-refractivity contribution in [3.63, 3.8) is 0 Å². The van der Waals surface area contributed by atoms with Crippen molar-refractivity contribution in [2.75, 3.05) is 44.6 Å². The maximum Gasteiger partial charge on any atom is 0.255 e. The summed E-state index contributed by atoms with van der Waals surface area (Å²) in [5.41, 5.74) is 6.68. The van der Waals surface area contributed by atoms with E-state index in [9.17, 15) is 4.79 Å². The average molecular weight is 532 g/mol. The van der Waals surface area contributed by atoms with Crippen LogP contribution in [0.5, 0.6) is 0 Å². The molecule has 2 fully saturated rings. The molecule has 3 heterocycles. The van der Waals surface area contributed by atoms with Crippen molar-refractivity contribution >= 4 is 34.2 Å². The van der Waals surface area contributed by atoms with E-state index in [2.05, 4.69) is 67.8 Å². The fourth-order valence-electron chi connectivity index (χ4n) is 5.08. The first-order valence-electron chi connectivity index (χ1n) is 11.3. The number of hydrogen-bond donors (Lipinski definition) is 1. The summed E-state index contributed by atoms with van der Waals surface area (Å²) in [6, 6.07) is 8.60. The van der Waals surface area contributed by atoms with Crippen molar-refractivity contribution in [2.24, 2.45) is 11.8 Å². The molecule has 2 unspecified atom stereocenters. The second kappa shape index (κ2) is 9.86. The van der Waals surface area contributed by atoms with Gasteiger partial charge < -0.3 is 15.1 Å². The van der Waals surface area contributed by atoms with Crippen LogP contribution >= 0.6 is 22.6 Å². The number of rotatable bonds is 7. The third-order valence-electron chi connectivity index (χ3n) is 6.89.